The van der Waals surface area contributed by atoms with E-state index in [1.807, 2.05) is 48.5 Å². The molecule has 0 unspecified atom stereocenters. The highest BCUT2D eigenvalue weighted by Crippen LogP contribution is 2.35. The van der Waals surface area contributed by atoms with Crippen LogP contribution in [-0.4, -0.2) is 18.0 Å². The normalized spacial score (nSPS) is 11.3. The minimum Gasteiger partial charge on any atom is -0.282 e. The maximum Gasteiger partial charge on any atom is 0.295 e. The fourth-order valence-corrected chi connectivity index (χ4v) is 3.06. The molecule has 1 N–H and O–H groups in total. The van der Waals surface area contributed by atoms with Gasteiger partial charge in [-0.25, -0.2) is 0 Å². The number of nitrogens with zero attached hydrogens (tertiary/aromatic N) is 1. The monoisotopic (exact) mass is 311 g/mol. The summed E-state index contributed by atoms with van der Waals surface area (Å²) in [5.41, 5.74) is 2.38. The zero-order chi connectivity index (χ0) is 15.6. The molecule has 0 bridgehead atoms. The molecule has 3 rings (SSSR count). The quantitative estimate of drug-likeness (QED) is 0.750. The molecule has 4 nitrogen and oxygen atoms in total. The van der Waals surface area contributed by atoms with E-state index in [-0.39, 0.29) is 4.90 Å². The van der Waals surface area contributed by atoms with Crippen LogP contribution in [0.25, 0.3) is 22.4 Å². The van der Waals surface area contributed by atoms with Gasteiger partial charge >= 0.3 is 0 Å². The SMILES string of the molecule is O=S(=O)(O)c1ccnc(-c2ccccc2)c1-c1ccccc1. The van der Waals surface area contributed by atoms with E-state index in [2.05, 4.69) is 4.98 Å². The molecule has 3 aromatic rings. The van der Waals surface area contributed by atoms with Crippen molar-refractivity contribution in [2.24, 2.45) is 0 Å². The van der Waals surface area contributed by atoms with Crippen LogP contribution in [0.3, 0.4) is 0 Å². The van der Waals surface area contributed by atoms with Crippen molar-refractivity contribution in [3.8, 4) is 22.4 Å². The lowest BCUT2D eigenvalue weighted by Gasteiger charge is -2.12. The van der Waals surface area contributed by atoms with Gasteiger partial charge in [0.25, 0.3) is 10.1 Å². The summed E-state index contributed by atoms with van der Waals surface area (Å²) in [6, 6.07) is 19.6. The molecule has 0 fully saturated rings. The van der Waals surface area contributed by atoms with Gasteiger partial charge in [-0.15, -0.1) is 0 Å². The topological polar surface area (TPSA) is 67.3 Å². The summed E-state index contributed by atoms with van der Waals surface area (Å²) in [7, 11) is -4.35. The summed E-state index contributed by atoms with van der Waals surface area (Å²) in [5.74, 6) is 0. The van der Waals surface area contributed by atoms with E-state index in [1.165, 1.54) is 12.3 Å². The van der Waals surface area contributed by atoms with E-state index >= 15 is 0 Å². The Morgan fingerprint density at radius 2 is 1.32 bits per heavy atom. The Bertz CT molecular complexity index is 892. The molecular formula is C17H13NO3S. The summed E-state index contributed by atoms with van der Waals surface area (Å²) < 4.78 is 33.0. The second-order valence-corrected chi connectivity index (χ2v) is 6.13. The molecule has 1 aromatic heterocycles. The summed E-state index contributed by atoms with van der Waals surface area (Å²) in [5, 5.41) is 0. The Kier molecular flexibility index (Phi) is 3.75. The molecule has 1 heterocycles. The molecule has 0 aliphatic carbocycles. The van der Waals surface area contributed by atoms with Gasteiger partial charge in [0.2, 0.25) is 0 Å². The number of benzene rings is 2. The zero-order valence-electron chi connectivity index (χ0n) is 11.5. The van der Waals surface area contributed by atoms with E-state index in [9.17, 15) is 13.0 Å². The van der Waals surface area contributed by atoms with Crippen LogP contribution in [0.15, 0.2) is 77.8 Å². The maximum atomic E-state index is 11.7. The van der Waals surface area contributed by atoms with E-state index in [0.29, 0.717) is 16.8 Å². The maximum absolute atomic E-state index is 11.7. The van der Waals surface area contributed by atoms with Crippen molar-refractivity contribution in [1.29, 1.82) is 0 Å². The van der Waals surface area contributed by atoms with Gasteiger partial charge in [-0.1, -0.05) is 60.7 Å². The van der Waals surface area contributed by atoms with Crippen molar-refractivity contribution in [2.75, 3.05) is 0 Å². The molecule has 22 heavy (non-hydrogen) atoms. The average Bonchev–Trinajstić information content (AvgIpc) is 2.55. The van der Waals surface area contributed by atoms with Gasteiger partial charge in [0.15, 0.2) is 0 Å². The molecule has 2 aromatic carbocycles. The molecular weight excluding hydrogens is 298 g/mol. The third-order valence-electron chi connectivity index (χ3n) is 3.30. The van der Waals surface area contributed by atoms with Gasteiger partial charge < -0.3 is 0 Å². The summed E-state index contributed by atoms with van der Waals surface area (Å²) in [6.45, 7) is 0. The minimum absolute atomic E-state index is 0.146. The van der Waals surface area contributed by atoms with Gasteiger partial charge in [-0.3, -0.25) is 9.54 Å². The van der Waals surface area contributed by atoms with E-state index in [4.69, 9.17) is 0 Å². The third-order valence-corrected chi connectivity index (χ3v) is 4.20. The second kappa shape index (κ2) is 5.71. The largest absolute Gasteiger partial charge is 0.295 e. The standard InChI is InChI=1S/C17H13NO3S/c19-22(20,21)15-11-12-18-17(14-9-5-2-6-10-14)16(15)13-7-3-1-4-8-13/h1-12H,(H,19,20,21). The van der Waals surface area contributed by atoms with Crippen molar-refractivity contribution < 1.29 is 13.0 Å². The number of hydrogen-bond acceptors (Lipinski definition) is 3. The van der Waals surface area contributed by atoms with E-state index in [0.717, 1.165) is 5.56 Å². The summed E-state index contributed by atoms with van der Waals surface area (Å²) in [6.07, 6.45) is 1.39. The molecule has 110 valence electrons. The highest BCUT2D eigenvalue weighted by Gasteiger charge is 2.21. The highest BCUT2D eigenvalue weighted by atomic mass is 32.2. The van der Waals surface area contributed by atoms with Crippen LogP contribution in [0.1, 0.15) is 0 Å². The van der Waals surface area contributed by atoms with Crippen LogP contribution in [0.2, 0.25) is 0 Å². The van der Waals surface area contributed by atoms with Gasteiger partial charge in [-0.2, -0.15) is 8.42 Å². The molecule has 0 amide bonds. The summed E-state index contributed by atoms with van der Waals surface area (Å²) >= 11 is 0. The number of rotatable bonds is 3. The first-order valence-electron chi connectivity index (χ1n) is 6.65. The van der Waals surface area contributed by atoms with Crippen molar-refractivity contribution >= 4 is 10.1 Å². The van der Waals surface area contributed by atoms with Gasteiger partial charge in [0.1, 0.15) is 4.90 Å². The van der Waals surface area contributed by atoms with Crippen LogP contribution < -0.4 is 0 Å². The Morgan fingerprint density at radius 1 is 0.773 bits per heavy atom. The lowest BCUT2D eigenvalue weighted by atomic mass is 9.99. The fourth-order valence-electron chi connectivity index (χ4n) is 2.36. The Balaban J connectivity index is 2.37. The van der Waals surface area contributed by atoms with Crippen molar-refractivity contribution in [3.05, 3.63) is 72.9 Å². The molecule has 5 heteroatoms. The minimum atomic E-state index is -4.35. The second-order valence-electron chi connectivity index (χ2n) is 4.74. The van der Waals surface area contributed by atoms with Gasteiger partial charge in [0.05, 0.1) is 5.69 Å². The molecule has 0 atom stereocenters. The Morgan fingerprint density at radius 3 is 1.86 bits per heavy atom. The zero-order valence-corrected chi connectivity index (χ0v) is 12.4. The van der Waals surface area contributed by atoms with Gasteiger partial charge in [0, 0.05) is 17.3 Å². The Labute approximate surface area is 128 Å². The first-order valence-corrected chi connectivity index (χ1v) is 8.09. The van der Waals surface area contributed by atoms with Crippen LogP contribution >= 0.6 is 0 Å². The van der Waals surface area contributed by atoms with Crippen LogP contribution in [0.5, 0.6) is 0 Å². The predicted molar refractivity (Wildman–Crippen MR) is 84.9 cm³/mol. The molecule has 0 aliphatic heterocycles. The van der Waals surface area contributed by atoms with Crippen molar-refractivity contribution in [1.82, 2.24) is 4.98 Å². The van der Waals surface area contributed by atoms with Crippen LogP contribution in [-0.2, 0) is 10.1 Å². The number of aromatic nitrogens is 1. The molecule has 0 saturated carbocycles. The number of pyridine rings is 1. The van der Waals surface area contributed by atoms with Crippen LogP contribution in [0, 0.1) is 0 Å². The molecule has 0 radical (unpaired) electrons. The van der Waals surface area contributed by atoms with Gasteiger partial charge in [-0.05, 0) is 11.6 Å². The molecule has 0 aliphatic rings. The first kappa shape index (κ1) is 14.4. The lowest BCUT2D eigenvalue weighted by molar-refractivity contribution is 0.483. The lowest BCUT2D eigenvalue weighted by Crippen LogP contribution is -2.03. The Hall–Kier alpha value is -2.50. The molecule has 0 saturated heterocycles. The summed E-state index contributed by atoms with van der Waals surface area (Å²) in [4.78, 5) is 4.18. The first-order chi connectivity index (χ1) is 10.6. The van der Waals surface area contributed by atoms with Crippen molar-refractivity contribution in [2.45, 2.75) is 4.90 Å². The van der Waals surface area contributed by atoms with Crippen molar-refractivity contribution in [3.63, 3.8) is 0 Å². The average molecular weight is 311 g/mol. The third kappa shape index (κ3) is 2.77. The fraction of sp³-hybridized carbons (Fsp3) is 0. The molecule has 0 spiro atoms. The number of hydrogen-bond donors (Lipinski definition) is 1. The van der Waals surface area contributed by atoms with Crippen LogP contribution in [0.4, 0.5) is 0 Å². The smallest absolute Gasteiger partial charge is 0.282 e. The van der Waals surface area contributed by atoms with E-state index < -0.39 is 10.1 Å². The predicted octanol–water partition coefficient (Wildman–Crippen LogP) is 3.66. The highest BCUT2D eigenvalue weighted by molar-refractivity contribution is 7.86. The van der Waals surface area contributed by atoms with E-state index in [1.54, 1.807) is 12.1 Å².